The Balaban J connectivity index is 1.79. The van der Waals surface area contributed by atoms with Crippen molar-refractivity contribution in [3.05, 3.63) is 40.0 Å². The van der Waals surface area contributed by atoms with Gasteiger partial charge in [0.15, 0.2) is 5.13 Å². The molecule has 0 aliphatic rings. The fraction of sp³-hybridized carbons (Fsp3) is 0.167. The van der Waals surface area contributed by atoms with Crippen LogP contribution in [0.2, 0.25) is 5.02 Å². The lowest BCUT2D eigenvalue weighted by atomic mass is 10.3. The second-order valence-corrected chi connectivity index (χ2v) is 5.77. The molecule has 7 nitrogen and oxygen atoms in total. The number of hydrogen-bond acceptors (Lipinski definition) is 5. The van der Waals surface area contributed by atoms with Gasteiger partial charge in [-0.05, 0) is 12.1 Å². The van der Waals surface area contributed by atoms with Crippen LogP contribution in [-0.2, 0) is 18.4 Å². The Labute approximate surface area is 127 Å². The summed E-state index contributed by atoms with van der Waals surface area (Å²) in [5.41, 5.74) is 0.298. The predicted molar refractivity (Wildman–Crippen MR) is 80.7 cm³/mol. The molecule has 0 aliphatic heterocycles. The topological polar surface area (TPSA) is 81.8 Å². The molecule has 2 heterocycles. The van der Waals surface area contributed by atoms with Gasteiger partial charge in [-0.25, -0.2) is 14.5 Å². The fourth-order valence-corrected chi connectivity index (χ4v) is 2.97. The fourth-order valence-electron chi connectivity index (χ4n) is 1.79. The van der Waals surface area contributed by atoms with Crippen LogP contribution in [0.1, 0.15) is 0 Å². The van der Waals surface area contributed by atoms with E-state index in [9.17, 15) is 9.59 Å². The van der Waals surface area contributed by atoms with Crippen molar-refractivity contribution in [2.45, 2.75) is 6.54 Å². The molecular weight excluding hydrogens is 314 g/mol. The Morgan fingerprint density at radius 1 is 1.48 bits per heavy atom. The first kappa shape index (κ1) is 13.8. The highest BCUT2D eigenvalue weighted by molar-refractivity contribution is 7.22. The number of thiazole rings is 1. The number of amides is 1. The van der Waals surface area contributed by atoms with Gasteiger partial charge in [0.05, 0.1) is 9.72 Å². The number of fused-ring (bicyclic) bond motifs is 1. The molecule has 0 saturated heterocycles. The van der Waals surface area contributed by atoms with E-state index in [0.717, 1.165) is 9.38 Å². The van der Waals surface area contributed by atoms with Crippen LogP contribution in [0.3, 0.4) is 0 Å². The molecule has 1 N–H and O–H groups in total. The third-order valence-electron chi connectivity index (χ3n) is 2.80. The third kappa shape index (κ3) is 2.67. The Morgan fingerprint density at radius 2 is 2.29 bits per heavy atom. The number of aryl methyl sites for hydroxylation is 1. The van der Waals surface area contributed by atoms with Gasteiger partial charge >= 0.3 is 5.69 Å². The maximum atomic E-state index is 11.9. The first-order valence-corrected chi connectivity index (χ1v) is 7.17. The number of para-hydroxylation sites is 1. The van der Waals surface area contributed by atoms with Gasteiger partial charge in [0.25, 0.3) is 0 Å². The standard InChI is InChI=1S/C12H10ClN5O2S/c1-17-6-14-18(12(17)20)5-9(19)15-11-16-10-7(13)3-2-4-8(10)21-11/h2-4,6H,5H2,1H3,(H,15,16,19). The van der Waals surface area contributed by atoms with Crippen molar-refractivity contribution < 1.29 is 4.79 Å². The van der Waals surface area contributed by atoms with E-state index in [1.54, 1.807) is 13.1 Å². The molecule has 21 heavy (non-hydrogen) atoms. The van der Waals surface area contributed by atoms with E-state index < -0.39 is 0 Å². The summed E-state index contributed by atoms with van der Waals surface area (Å²) in [7, 11) is 1.57. The first-order chi connectivity index (χ1) is 10.0. The maximum absolute atomic E-state index is 11.9. The second kappa shape index (κ2) is 5.30. The van der Waals surface area contributed by atoms with Gasteiger partial charge in [-0.1, -0.05) is 29.0 Å². The number of benzene rings is 1. The second-order valence-electron chi connectivity index (χ2n) is 4.34. The predicted octanol–water partition coefficient (Wildman–Crippen LogP) is 1.48. The molecule has 3 rings (SSSR count). The summed E-state index contributed by atoms with van der Waals surface area (Å²) in [5.74, 6) is -0.369. The minimum Gasteiger partial charge on any atom is -0.300 e. The molecule has 0 spiro atoms. The van der Waals surface area contributed by atoms with Crippen molar-refractivity contribution in [3.63, 3.8) is 0 Å². The van der Waals surface area contributed by atoms with E-state index >= 15 is 0 Å². The number of hydrogen-bond donors (Lipinski definition) is 1. The quantitative estimate of drug-likeness (QED) is 0.791. The summed E-state index contributed by atoms with van der Waals surface area (Å²) in [4.78, 5) is 27.8. The molecule has 0 fully saturated rings. The molecule has 0 bridgehead atoms. The zero-order chi connectivity index (χ0) is 15.0. The van der Waals surface area contributed by atoms with E-state index in [4.69, 9.17) is 11.6 Å². The Bertz CT molecular complexity index is 881. The van der Waals surface area contributed by atoms with Crippen LogP contribution < -0.4 is 11.0 Å². The lowest BCUT2D eigenvalue weighted by molar-refractivity contribution is -0.117. The normalized spacial score (nSPS) is 11.0. The summed E-state index contributed by atoms with van der Waals surface area (Å²) in [6, 6.07) is 5.43. The molecule has 0 atom stereocenters. The molecule has 0 radical (unpaired) electrons. The van der Waals surface area contributed by atoms with Crippen molar-refractivity contribution in [1.82, 2.24) is 19.3 Å². The summed E-state index contributed by atoms with van der Waals surface area (Å²) in [5, 5.41) is 7.44. The number of nitrogens with zero attached hydrogens (tertiary/aromatic N) is 4. The SMILES string of the molecule is Cn1cnn(CC(=O)Nc2nc3c(Cl)cccc3s2)c1=O. The van der Waals surface area contributed by atoms with Gasteiger partial charge in [0.1, 0.15) is 18.4 Å². The number of carbonyl (C=O) groups is 1. The van der Waals surface area contributed by atoms with E-state index in [-0.39, 0.29) is 18.1 Å². The highest BCUT2D eigenvalue weighted by atomic mass is 35.5. The molecule has 2 aromatic heterocycles. The van der Waals surface area contributed by atoms with Crippen LogP contribution >= 0.6 is 22.9 Å². The largest absolute Gasteiger partial charge is 0.345 e. The van der Waals surface area contributed by atoms with Crippen molar-refractivity contribution >= 4 is 44.2 Å². The van der Waals surface area contributed by atoms with Gasteiger partial charge in [0.2, 0.25) is 5.91 Å². The van der Waals surface area contributed by atoms with Crippen LogP contribution in [0.4, 0.5) is 5.13 Å². The molecule has 1 aromatic carbocycles. The van der Waals surface area contributed by atoms with Gasteiger partial charge in [-0.15, -0.1) is 0 Å². The smallest absolute Gasteiger partial charge is 0.300 e. The van der Waals surface area contributed by atoms with Gasteiger partial charge in [-0.3, -0.25) is 9.36 Å². The van der Waals surface area contributed by atoms with Gasteiger partial charge in [0, 0.05) is 7.05 Å². The van der Waals surface area contributed by atoms with Gasteiger partial charge in [-0.2, -0.15) is 5.10 Å². The summed E-state index contributed by atoms with van der Waals surface area (Å²) >= 11 is 7.35. The Kier molecular flexibility index (Phi) is 3.48. The minimum atomic E-state index is -0.369. The number of carbonyl (C=O) groups excluding carboxylic acids is 1. The summed E-state index contributed by atoms with van der Waals surface area (Å²) in [6.45, 7) is -0.163. The van der Waals surface area contributed by atoms with Crippen molar-refractivity contribution in [3.8, 4) is 0 Å². The molecule has 0 saturated carbocycles. The molecule has 0 aliphatic carbocycles. The molecular formula is C12H10ClN5O2S. The van der Waals surface area contributed by atoms with Gasteiger partial charge < -0.3 is 5.32 Å². The van der Waals surface area contributed by atoms with Crippen LogP contribution in [0.15, 0.2) is 29.3 Å². The summed E-state index contributed by atoms with van der Waals surface area (Å²) < 4.78 is 3.26. The van der Waals surface area contributed by atoms with E-state index in [1.807, 2.05) is 12.1 Å². The Morgan fingerprint density at radius 3 is 2.95 bits per heavy atom. The average Bonchev–Trinajstić information content (AvgIpc) is 2.98. The highest BCUT2D eigenvalue weighted by Gasteiger charge is 2.12. The lowest BCUT2D eigenvalue weighted by Crippen LogP contribution is -2.29. The zero-order valence-electron chi connectivity index (χ0n) is 10.9. The lowest BCUT2D eigenvalue weighted by Gasteiger charge is -2.00. The number of rotatable bonds is 3. The van der Waals surface area contributed by atoms with Crippen molar-refractivity contribution in [2.24, 2.45) is 7.05 Å². The third-order valence-corrected chi connectivity index (χ3v) is 4.04. The van der Waals surface area contributed by atoms with Crippen molar-refractivity contribution in [1.29, 1.82) is 0 Å². The maximum Gasteiger partial charge on any atom is 0.345 e. The highest BCUT2D eigenvalue weighted by Crippen LogP contribution is 2.30. The van der Waals surface area contributed by atoms with Crippen LogP contribution in [0.5, 0.6) is 0 Å². The number of nitrogens with one attached hydrogen (secondary N) is 1. The number of aromatic nitrogens is 4. The molecule has 1 amide bonds. The van der Waals surface area contributed by atoms with Crippen LogP contribution in [0, 0.1) is 0 Å². The minimum absolute atomic E-state index is 0.163. The Hall–Kier alpha value is -2.19. The van der Waals surface area contributed by atoms with Crippen LogP contribution in [0.25, 0.3) is 10.2 Å². The van der Waals surface area contributed by atoms with Crippen LogP contribution in [-0.4, -0.2) is 25.2 Å². The molecule has 108 valence electrons. The number of anilines is 1. The number of halogens is 1. The molecule has 0 unspecified atom stereocenters. The zero-order valence-corrected chi connectivity index (χ0v) is 12.5. The van der Waals surface area contributed by atoms with Crippen molar-refractivity contribution in [2.75, 3.05) is 5.32 Å². The monoisotopic (exact) mass is 323 g/mol. The molecule has 3 aromatic rings. The van der Waals surface area contributed by atoms with E-state index in [1.165, 1.54) is 22.2 Å². The van der Waals surface area contributed by atoms with E-state index in [2.05, 4.69) is 15.4 Å². The summed E-state index contributed by atoms with van der Waals surface area (Å²) in [6.07, 6.45) is 1.35. The van der Waals surface area contributed by atoms with E-state index in [0.29, 0.717) is 15.7 Å². The average molecular weight is 324 g/mol. The first-order valence-electron chi connectivity index (χ1n) is 5.98. The molecule has 9 heteroatoms.